The average molecular weight is 491 g/mol. The maximum Gasteiger partial charge on any atom is 0.328 e. The normalized spacial score (nSPS) is 14.9. The van der Waals surface area contributed by atoms with Gasteiger partial charge in [0.25, 0.3) is 0 Å². The summed E-state index contributed by atoms with van der Waals surface area (Å²) in [5.41, 5.74) is 1.12. The van der Waals surface area contributed by atoms with Gasteiger partial charge in [-0.1, -0.05) is 18.2 Å². The predicted octanol–water partition coefficient (Wildman–Crippen LogP) is 3.57. The molecule has 0 aromatic heterocycles. The number of hydrogen-bond acceptors (Lipinski definition) is 4. The maximum atomic E-state index is 13.5. The first-order chi connectivity index (χ1) is 16.7. The molecule has 1 fully saturated rings. The number of aryl methyl sites for hydroxylation is 1. The Morgan fingerprint density at radius 3 is 2.43 bits per heavy atom. The van der Waals surface area contributed by atoms with Gasteiger partial charge >= 0.3 is 5.97 Å². The van der Waals surface area contributed by atoms with Crippen molar-refractivity contribution in [3.8, 4) is 0 Å². The molecule has 1 saturated heterocycles. The number of nitrogens with zero attached hydrogens (tertiary/aromatic N) is 1. The molecule has 0 bridgehead atoms. The van der Waals surface area contributed by atoms with Crippen molar-refractivity contribution >= 4 is 17.8 Å². The number of carbonyl (C=O) groups is 3. The van der Waals surface area contributed by atoms with Crippen molar-refractivity contribution in [1.82, 2.24) is 10.2 Å². The first-order valence-electron chi connectivity index (χ1n) is 11.6. The van der Waals surface area contributed by atoms with Crippen molar-refractivity contribution in [3.05, 3.63) is 71.0 Å². The van der Waals surface area contributed by atoms with Gasteiger partial charge in [-0.15, -0.1) is 0 Å². The molecule has 1 aliphatic rings. The molecule has 1 atom stereocenters. The van der Waals surface area contributed by atoms with E-state index in [1.165, 1.54) is 25.3 Å². The SMILES string of the molecule is COC(=O)[C@H](Cc1ccc(F)c(F)c1)NC(=O)CC1CCN(C(=O)CCc2cccc(F)c2)CC1. The van der Waals surface area contributed by atoms with Crippen molar-refractivity contribution in [3.63, 3.8) is 0 Å². The van der Waals surface area contributed by atoms with Gasteiger partial charge < -0.3 is 15.0 Å². The second-order valence-corrected chi connectivity index (χ2v) is 8.75. The zero-order valence-corrected chi connectivity index (χ0v) is 19.6. The Morgan fingerprint density at radius 1 is 1.03 bits per heavy atom. The van der Waals surface area contributed by atoms with E-state index in [1.54, 1.807) is 17.0 Å². The van der Waals surface area contributed by atoms with E-state index in [9.17, 15) is 27.6 Å². The minimum absolute atomic E-state index is 0.00514. The summed E-state index contributed by atoms with van der Waals surface area (Å²) in [6.45, 7) is 1.05. The van der Waals surface area contributed by atoms with E-state index in [4.69, 9.17) is 4.74 Å². The number of piperidine rings is 1. The smallest absolute Gasteiger partial charge is 0.328 e. The summed E-state index contributed by atoms with van der Waals surface area (Å²) in [4.78, 5) is 39.0. The number of carbonyl (C=O) groups excluding carboxylic acids is 3. The van der Waals surface area contributed by atoms with E-state index in [2.05, 4.69) is 5.32 Å². The molecule has 2 aromatic rings. The van der Waals surface area contributed by atoms with Gasteiger partial charge in [0, 0.05) is 32.4 Å². The van der Waals surface area contributed by atoms with Crippen LogP contribution in [0.15, 0.2) is 42.5 Å². The Kier molecular flexibility index (Phi) is 9.28. The molecule has 2 amide bonds. The molecule has 1 aliphatic heterocycles. The van der Waals surface area contributed by atoms with Crippen LogP contribution in [0.2, 0.25) is 0 Å². The zero-order chi connectivity index (χ0) is 25.4. The van der Waals surface area contributed by atoms with E-state index >= 15 is 0 Å². The largest absolute Gasteiger partial charge is 0.467 e. The number of nitrogens with one attached hydrogen (secondary N) is 1. The van der Waals surface area contributed by atoms with Crippen LogP contribution >= 0.6 is 0 Å². The van der Waals surface area contributed by atoms with Crippen LogP contribution < -0.4 is 5.32 Å². The molecule has 2 aromatic carbocycles. The molecule has 188 valence electrons. The van der Waals surface area contributed by atoms with Crippen LogP contribution in [0.25, 0.3) is 0 Å². The van der Waals surface area contributed by atoms with Gasteiger partial charge in [0.05, 0.1) is 7.11 Å². The van der Waals surface area contributed by atoms with E-state index in [0.29, 0.717) is 44.3 Å². The van der Waals surface area contributed by atoms with Gasteiger partial charge in [-0.05, 0) is 60.6 Å². The lowest BCUT2D eigenvalue weighted by Crippen LogP contribution is -2.44. The summed E-state index contributed by atoms with van der Waals surface area (Å²) in [7, 11) is 1.19. The van der Waals surface area contributed by atoms with Crippen molar-refractivity contribution in [2.75, 3.05) is 20.2 Å². The third-order valence-electron chi connectivity index (χ3n) is 6.20. The number of methoxy groups -OCH3 is 1. The Labute approximate surface area is 202 Å². The number of likely N-dealkylation sites (tertiary alicyclic amines) is 1. The lowest BCUT2D eigenvalue weighted by atomic mass is 9.92. The van der Waals surface area contributed by atoms with E-state index in [0.717, 1.165) is 17.7 Å². The van der Waals surface area contributed by atoms with Crippen molar-refractivity contribution in [1.29, 1.82) is 0 Å². The standard InChI is InChI=1S/C26H29F3N2O4/c1-35-26(34)23(15-19-5-7-21(28)22(29)14-19)30-24(32)16-18-9-11-31(12-10-18)25(33)8-6-17-3-2-4-20(27)13-17/h2-5,7,13-14,18,23H,6,8-12,15-16H2,1H3,(H,30,32)/t23-/m0/s1. The highest BCUT2D eigenvalue weighted by Crippen LogP contribution is 2.22. The Balaban J connectivity index is 1.45. The van der Waals surface area contributed by atoms with Crippen LogP contribution in [0, 0.1) is 23.4 Å². The van der Waals surface area contributed by atoms with Crippen molar-refractivity contribution in [2.24, 2.45) is 5.92 Å². The predicted molar refractivity (Wildman–Crippen MR) is 123 cm³/mol. The summed E-state index contributed by atoms with van der Waals surface area (Å²) < 4.78 is 44.7. The number of halogens is 3. The summed E-state index contributed by atoms with van der Waals surface area (Å²) in [6.07, 6.45) is 2.19. The lowest BCUT2D eigenvalue weighted by Gasteiger charge is -2.32. The second kappa shape index (κ2) is 12.4. The van der Waals surface area contributed by atoms with Gasteiger partial charge in [0.1, 0.15) is 11.9 Å². The molecule has 0 radical (unpaired) electrons. The molecule has 9 heteroatoms. The highest BCUT2D eigenvalue weighted by atomic mass is 19.2. The monoisotopic (exact) mass is 490 g/mol. The molecule has 0 saturated carbocycles. The van der Waals surface area contributed by atoms with Gasteiger partial charge in [-0.2, -0.15) is 0 Å². The molecule has 35 heavy (non-hydrogen) atoms. The molecular weight excluding hydrogens is 461 g/mol. The molecule has 1 heterocycles. The minimum atomic E-state index is -1.03. The fourth-order valence-corrected chi connectivity index (χ4v) is 4.24. The number of amides is 2. The van der Waals surface area contributed by atoms with Crippen LogP contribution in [0.3, 0.4) is 0 Å². The summed E-state index contributed by atoms with van der Waals surface area (Å²) in [6, 6.07) is 8.47. The first-order valence-corrected chi connectivity index (χ1v) is 11.6. The quantitative estimate of drug-likeness (QED) is 0.546. The zero-order valence-electron chi connectivity index (χ0n) is 19.6. The number of hydrogen-bond donors (Lipinski definition) is 1. The molecule has 0 unspecified atom stereocenters. The second-order valence-electron chi connectivity index (χ2n) is 8.75. The number of ether oxygens (including phenoxy) is 1. The number of esters is 1. The topological polar surface area (TPSA) is 75.7 Å². The molecule has 1 N–H and O–H groups in total. The third kappa shape index (κ3) is 7.83. The number of rotatable bonds is 9. The summed E-state index contributed by atoms with van der Waals surface area (Å²) >= 11 is 0. The van der Waals surface area contributed by atoms with Gasteiger partial charge in [-0.3, -0.25) is 9.59 Å². The van der Waals surface area contributed by atoms with Crippen LogP contribution in [-0.2, 0) is 32.0 Å². The minimum Gasteiger partial charge on any atom is -0.467 e. The third-order valence-corrected chi connectivity index (χ3v) is 6.20. The Hall–Kier alpha value is -3.36. The van der Waals surface area contributed by atoms with E-state index in [1.807, 2.05) is 0 Å². The molecule has 3 rings (SSSR count). The van der Waals surface area contributed by atoms with Crippen molar-refractivity contribution < 1.29 is 32.3 Å². The Bertz CT molecular complexity index is 1050. The fraction of sp³-hybridized carbons (Fsp3) is 0.423. The van der Waals surface area contributed by atoms with Gasteiger partial charge in [-0.25, -0.2) is 18.0 Å². The molecule has 0 aliphatic carbocycles. The van der Waals surface area contributed by atoms with Crippen molar-refractivity contribution in [2.45, 2.75) is 44.6 Å². The average Bonchev–Trinajstić information content (AvgIpc) is 2.84. The Morgan fingerprint density at radius 2 is 1.77 bits per heavy atom. The van der Waals surface area contributed by atoms with Gasteiger partial charge in [0.2, 0.25) is 11.8 Å². The molecule has 0 spiro atoms. The van der Waals surface area contributed by atoms with Crippen LogP contribution in [0.5, 0.6) is 0 Å². The van der Waals surface area contributed by atoms with E-state index < -0.39 is 23.6 Å². The van der Waals surface area contributed by atoms with E-state index in [-0.39, 0.29) is 36.4 Å². The van der Waals surface area contributed by atoms with Gasteiger partial charge in [0.15, 0.2) is 11.6 Å². The lowest BCUT2D eigenvalue weighted by molar-refractivity contribution is -0.145. The fourth-order valence-electron chi connectivity index (χ4n) is 4.24. The summed E-state index contributed by atoms with van der Waals surface area (Å²) in [5, 5.41) is 2.63. The van der Waals surface area contributed by atoms with Crippen LogP contribution in [-0.4, -0.2) is 48.9 Å². The number of benzene rings is 2. The highest BCUT2D eigenvalue weighted by Gasteiger charge is 2.27. The highest BCUT2D eigenvalue weighted by molar-refractivity contribution is 5.84. The van der Waals surface area contributed by atoms with Crippen LogP contribution in [0.1, 0.15) is 36.8 Å². The molecule has 6 nitrogen and oxygen atoms in total. The first kappa shape index (κ1) is 26.2. The van der Waals surface area contributed by atoms with Crippen LogP contribution in [0.4, 0.5) is 13.2 Å². The summed E-state index contributed by atoms with van der Waals surface area (Å²) in [5.74, 6) is -3.34. The maximum absolute atomic E-state index is 13.5. The molecular formula is C26H29F3N2O4.